The van der Waals surface area contributed by atoms with E-state index in [4.69, 9.17) is 14.0 Å². The van der Waals surface area contributed by atoms with Gasteiger partial charge in [-0.25, -0.2) is 0 Å². The van der Waals surface area contributed by atoms with Crippen LogP contribution < -0.4 is 0 Å². The van der Waals surface area contributed by atoms with Crippen LogP contribution in [0.25, 0.3) is 23.0 Å². The Morgan fingerprint density at radius 1 is 0.971 bits per heavy atom. The Balaban J connectivity index is 1.57. The minimum atomic E-state index is -1.14. The number of aromatic nitrogens is 4. The first-order valence-electron chi connectivity index (χ1n) is 11.4. The Bertz CT molecular complexity index is 1290. The predicted molar refractivity (Wildman–Crippen MR) is 127 cm³/mol. The van der Waals surface area contributed by atoms with Crippen LogP contribution in [0.2, 0.25) is 0 Å². The molecule has 2 aromatic heterocycles. The number of aryl methyl sites for hydroxylation is 1. The lowest BCUT2D eigenvalue weighted by Gasteiger charge is -2.15. The van der Waals surface area contributed by atoms with E-state index in [1.165, 1.54) is 0 Å². The van der Waals surface area contributed by atoms with Crippen molar-refractivity contribution in [3.63, 3.8) is 0 Å². The van der Waals surface area contributed by atoms with Crippen LogP contribution in [0.4, 0.5) is 0 Å². The van der Waals surface area contributed by atoms with Crippen LogP contribution in [0, 0.1) is 6.92 Å². The van der Waals surface area contributed by atoms with Crippen molar-refractivity contribution >= 4 is 11.9 Å². The molecule has 0 spiro atoms. The standard InChI is InChI=1S/C26H26N4O5/c1-4-33-25(31)22(26(32)34-5-2)20-13-9-10-18(15-20)16-30-17(3)14-21(28-30)24-27-23(29-35-24)19-11-7-6-8-12-19/h6-15,22H,4-5,16H2,1-3H3. The fourth-order valence-corrected chi connectivity index (χ4v) is 3.67. The Morgan fingerprint density at radius 2 is 1.69 bits per heavy atom. The minimum Gasteiger partial charge on any atom is -0.465 e. The summed E-state index contributed by atoms with van der Waals surface area (Å²) in [6, 6.07) is 18.6. The van der Waals surface area contributed by atoms with Crippen molar-refractivity contribution in [2.75, 3.05) is 13.2 Å². The van der Waals surface area contributed by atoms with E-state index in [0.717, 1.165) is 16.8 Å². The lowest BCUT2D eigenvalue weighted by molar-refractivity contribution is -0.156. The number of esters is 2. The first-order chi connectivity index (χ1) is 17.0. The summed E-state index contributed by atoms with van der Waals surface area (Å²) in [7, 11) is 0. The van der Waals surface area contributed by atoms with Gasteiger partial charge in [0.15, 0.2) is 11.6 Å². The second kappa shape index (κ2) is 10.8. The van der Waals surface area contributed by atoms with Gasteiger partial charge in [0, 0.05) is 11.3 Å². The molecular formula is C26H26N4O5. The van der Waals surface area contributed by atoms with E-state index >= 15 is 0 Å². The summed E-state index contributed by atoms with van der Waals surface area (Å²) in [6.07, 6.45) is 0. The normalized spacial score (nSPS) is 11.0. The van der Waals surface area contributed by atoms with Crippen molar-refractivity contribution in [3.05, 3.63) is 77.5 Å². The van der Waals surface area contributed by atoms with Crippen molar-refractivity contribution in [2.45, 2.75) is 33.2 Å². The predicted octanol–water partition coefficient (Wildman–Crippen LogP) is 4.17. The van der Waals surface area contributed by atoms with E-state index in [2.05, 4.69) is 15.2 Å². The molecule has 35 heavy (non-hydrogen) atoms. The van der Waals surface area contributed by atoms with Gasteiger partial charge in [0.25, 0.3) is 5.89 Å². The number of hydrogen-bond acceptors (Lipinski definition) is 8. The van der Waals surface area contributed by atoms with Crippen molar-refractivity contribution in [1.29, 1.82) is 0 Å². The zero-order valence-electron chi connectivity index (χ0n) is 19.8. The molecule has 180 valence electrons. The minimum absolute atomic E-state index is 0.172. The van der Waals surface area contributed by atoms with Crippen LogP contribution in [0.15, 0.2) is 65.2 Å². The van der Waals surface area contributed by atoms with Gasteiger partial charge in [-0.15, -0.1) is 0 Å². The fourth-order valence-electron chi connectivity index (χ4n) is 3.67. The number of carbonyl (C=O) groups excluding carboxylic acids is 2. The highest BCUT2D eigenvalue weighted by molar-refractivity contribution is 6.00. The molecule has 2 aromatic carbocycles. The molecule has 9 heteroatoms. The monoisotopic (exact) mass is 474 g/mol. The number of carbonyl (C=O) groups is 2. The molecule has 0 saturated carbocycles. The summed E-state index contributed by atoms with van der Waals surface area (Å²) in [6.45, 7) is 6.07. The van der Waals surface area contributed by atoms with E-state index in [9.17, 15) is 9.59 Å². The SMILES string of the molecule is CCOC(=O)C(C(=O)OCC)c1cccc(Cn2nc(-c3nc(-c4ccccc4)no3)cc2C)c1. The Hall–Kier alpha value is -4.27. The molecule has 0 amide bonds. The summed E-state index contributed by atoms with van der Waals surface area (Å²) in [5.74, 6) is -1.59. The molecule has 0 atom stereocenters. The van der Waals surface area contributed by atoms with Gasteiger partial charge in [0.2, 0.25) is 5.82 Å². The van der Waals surface area contributed by atoms with Crippen LogP contribution in [-0.4, -0.2) is 45.1 Å². The lowest BCUT2D eigenvalue weighted by Crippen LogP contribution is -2.26. The smallest absolute Gasteiger partial charge is 0.324 e. The van der Waals surface area contributed by atoms with Crippen LogP contribution in [0.1, 0.15) is 36.6 Å². The summed E-state index contributed by atoms with van der Waals surface area (Å²) in [5, 5.41) is 8.68. The number of rotatable bonds is 9. The highest BCUT2D eigenvalue weighted by Gasteiger charge is 2.31. The zero-order chi connectivity index (χ0) is 24.8. The molecule has 0 aliphatic carbocycles. The molecule has 0 unspecified atom stereocenters. The van der Waals surface area contributed by atoms with Crippen LogP contribution in [0.3, 0.4) is 0 Å². The molecule has 0 bridgehead atoms. The number of ether oxygens (including phenoxy) is 2. The maximum atomic E-state index is 12.5. The second-order valence-electron chi connectivity index (χ2n) is 7.80. The number of hydrogen-bond donors (Lipinski definition) is 0. The van der Waals surface area contributed by atoms with E-state index in [-0.39, 0.29) is 13.2 Å². The summed E-state index contributed by atoms with van der Waals surface area (Å²) < 4.78 is 17.4. The third kappa shape index (κ3) is 5.46. The van der Waals surface area contributed by atoms with Crippen molar-refractivity contribution < 1.29 is 23.6 Å². The molecule has 2 heterocycles. The molecule has 0 saturated heterocycles. The average Bonchev–Trinajstić information content (AvgIpc) is 3.48. The van der Waals surface area contributed by atoms with Gasteiger partial charge in [-0.3, -0.25) is 14.3 Å². The van der Waals surface area contributed by atoms with Gasteiger partial charge in [-0.05, 0) is 38.0 Å². The molecule has 0 fully saturated rings. The van der Waals surface area contributed by atoms with Gasteiger partial charge in [0.1, 0.15) is 0 Å². The maximum absolute atomic E-state index is 12.5. The zero-order valence-corrected chi connectivity index (χ0v) is 19.8. The molecule has 4 aromatic rings. The second-order valence-corrected chi connectivity index (χ2v) is 7.80. The molecule has 0 radical (unpaired) electrons. The van der Waals surface area contributed by atoms with Crippen LogP contribution >= 0.6 is 0 Å². The molecule has 4 rings (SSSR count). The summed E-state index contributed by atoms with van der Waals surface area (Å²) in [5.41, 5.74) is 3.66. The fraction of sp³-hybridized carbons (Fsp3) is 0.269. The lowest BCUT2D eigenvalue weighted by atomic mass is 9.97. The Morgan fingerprint density at radius 3 is 2.37 bits per heavy atom. The highest BCUT2D eigenvalue weighted by atomic mass is 16.6. The molecule has 0 aliphatic heterocycles. The van der Waals surface area contributed by atoms with Gasteiger partial charge in [-0.1, -0.05) is 59.8 Å². The van der Waals surface area contributed by atoms with Gasteiger partial charge in [0.05, 0.1) is 19.8 Å². The van der Waals surface area contributed by atoms with Crippen molar-refractivity contribution in [1.82, 2.24) is 19.9 Å². The van der Waals surface area contributed by atoms with Gasteiger partial charge >= 0.3 is 11.9 Å². The van der Waals surface area contributed by atoms with E-state index in [1.807, 2.05) is 49.4 Å². The number of nitrogens with zero attached hydrogens (tertiary/aromatic N) is 4. The quantitative estimate of drug-likeness (QED) is 0.263. The largest absolute Gasteiger partial charge is 0.465 e. The Labute approximate surface area is 202 Å². The van der Waals surface area contributed by atoms with E-state index in [1.54, 1.807) is 36.7 Å². The van der Waals surface area contributed by atoms with E-state index in [0.29, 0.717) is 29.5 Å². The van der Waals surface area contributed by atoms with Crippen molar-refractivity contribution in [2.24, 2.45) is 0 Å². The first kappa shape index (κ1) is 23.9. The highest BCUT2D eigenvalue weighted by Crippen LogP contribution is 2.24. The van der Waals surface area contributed by atoms with Gasteiger partial charge < -0.3 is 14.0 Å². The van der Waals surface area contributed by atoms with Crippen molar-refractivity contribution in [3.8, 4) is 23.0 Å². The van der Waals surface area contributed by atoms with Crippen LogP contribution in [-0.2, 0) is 25.6 Å². The molecule has 0 aliphatic rings. The molecule has 0 N–H and O–H groups in total. The molecule has 9 nitrogen and oxygen atoms in total. The summed E-state index contributed by atoms with van der Waals surface area (Å²) in [4.78, 5) is 29.4. The molecular weight excluding hydrogens is 448 g/mol. The van der Waals surface area contributed by atoms with E-state index < -0.39 is 17.9 Å². The van der Waals surface area contributed by atoms with Gasteiger partial charge in [-0.2, -0.15) is 10.1 Å². The Kier molecular flexibility index (Phi) is 7.35. The maximum Gasteiger partial charge on any atom is 0.324 e. The van der Waals surface area contributed by atoms with Crippen LogP contribution in [0.5, 0.6) is 0 Å². The average molecular weight is 475 g/mol. The first-order valence-corrected chi connectivity index (χ1v) is 11.4. The topological polar surface area (TPSA) is 109 Å². The summed E-state index contributed by atoms with van der Waals surface area (Å²) >= 11 is 0. The third-order valence-corrected chi connectivity index (χ3v) is 5.32. The third-order valence-electron chi connectivity index (χ3n) is 5.32. The number of benzene rings is 2.